The van der Waals surface area contributed by atoms with E-state index in [0.29, 0.717) is 25.3 Å². The van der Waals surface area contributed by atoms with Crippen molar-refractivity contribution in [2.24, 2.45) is 17.4 Å². The molecule has 15 heavy (non-hydrogen) atoms. The van der Waals surface area contributed by atoms with E-state index in [-0.39, 0.29) is 5.91 Å². The molecule has 0 aromatic heterocycles. The van der Waals surface area contributed by atoms with Gasteiger partial charge in [-0.05, 0) is 18.8 Å². The average molecular weight is 213 g/mol. The normalized spacial score (nSPS) is 22.4. The molecule has 0 spiro atoms. The fourth-order valence-corrected chi connectivity index (χ4v) is 1.77. The maximum Gasteiger partial charge on any atom is 0.240 e. The molecule has 0 bridgehead atoms. The Bertz CT molecular complexity index is 265. The van der Waals surface area contributed by atoms with E-state index < -0.39 is 18.0 Å². The lowest BCUT2D eigenvalue weighted by Crippen LogP contribution is -2.60. The summed E-state index contributed by atoms with van der Waals surface area (Å²) in [5.41, 5.74) is 10.9. The second-order valence-corrected chi connectivity index (χ2v) is 4.47. The highest BCUT2D eigenvalue weighted by molar-refractivity contribution is 5.90. The smallest absolute Gasteiger partial charge is 0.240 e. The second kappa shape index (κ2) is 4.61. The molecule has 86 valence electrons. The Morgan fingerprint density at radius 1 is 1.47 bits per heavy atom. The van der Waals surface area contributed by atoms with Crippen LogP contribution in [0.5, 0.6) is 0 Å². The van der Waals surface area contributed by atoms with Crippen LogP contribution in [-0.2, 0) is 9.59 Å². The van der Waals surface area contributed by atoms with Gasteiger partial charge in [-0.3, -0.25) is 9.59 Å². The predicted molar refractivity (Wildman–Crippen MR) is 56.7 cm³/mol. The molecule has 4 N–H and O–H groups in total. The van der Waals surface area contributed by atoms with Gasteiger partial charge in [0, 0.05) is 6.54 Å². The largest absolute Gasteiger partial charge is 0.368 e. The van der Waals surface area contributed by atoms with Gasteiger partial charge >= 0.3 is 0 Å². The van der Waals surface area contributed by atoms with Crippen molar-refractivity contribution >= 4 is 11.8 Å². The van der Waals surface area contributed by atoms with Gasteiger partial charge in [0.1, 0.15) is 6.04 Å². The quantitative estimate of drug-likeness (QED) is 0.656. The van der Waals surface area contributed by atoms with E-state index in [1.807, 2.05) is 13.8 Å². The molecule has 0 aliphatic carbocycles. The lowest BCUT2D eigenvalue weighted by molar-refractivity contribution is -0.147. The summed E-state index contributed by atoms with van der Waals surface area (Å²) in [5.74, 6) is -0.220. The Kier molecular flexibility index (Phi) is 3.68. The lowest BCUT2D eigenvalue weighted by Gasteiger charge is -2.40. The van der Waals surface area contributed by atoms with Crippen molar-refractivity contribution in [3.63, 3.8) is 0 Å². The van der Waals surface area contributed by atoms with E-state index in [1.165, 1.54) is 4.90 Å². The Labute approximate surface area is 89.8 Å². The topological polar surface area (TPSA) is 89.4 Å². The summed E-state index contributed by atoms with van der Waals surface area (Å²) >= 11 is 0. The van der Waals surface area contributed by atoms with Crippen LogP contribution in [0.4, 0.5) is 0 Å². The van der Waals surface area contributed by atoms with E-state index in [2.05, 4.69) is 0 Å². The van der Waals surface area contributed by atoms with Crippen LogP contribution in [-0.4, -0.2) is 35.3 Å². The van der Waals surface area contributed by atoms with Gasteiger partial charge in [0.05, 0.1) is 6.04 Å². The molecule has 0 aromatic rings. The number of nitrogens with two attached hydrogens (primary N) is 2. The van der Waals surface area contributed by atoms with Crippen LogP contribution in [0.15, 0.2) is 0 Å². The minimum absolute atomic E-state index is 0.154. The Balaban J connectivity index is 2.50. The summed E-state index contributed by atoms with van der Waals surface area (Å²) < 4.78 is 0. The minimum atomic E-state index is -0.507. The van der Waals surface area contributed by atoms with Crippen molar-refractivity contribution in [1.82, 2.24) is 4.90 Å². The summed E-state index contributed by atoms with van der Waals surface area (Å²) in [6, 6.07) is -0.942. The van der Waals surface area contributed by atoms with Gasteiger partial charge in [-0.2, -0.15) is 0 Å². The third kappa shape index (κ3) is 2.68. The van der Waals surface area contributed by atoms with Crippen LogP contribution in [0.1, 0.15) is 26.7 Å². The SMILES string of the molecule is CC(C)CC(N)C(=O)N1CCC1C(N)=O. The Hall–Kier alpha value is -1.10. The van der Waals surface area contributed by atoms with Crippen molar-refractivity contribution in [1.29, 1.82) is 0 Å². The highest BCUT2D eigenvalue weighted by Crippen LogP contribution is 2.19. The number of nitrogens with zero attached hydrogens (tertiary/aromatic N) is 1. The molecule has 5 nitrogen and oxygen atoms in total. The molecule has 1 heterocycles. The van der Waals surface area contributed by atoms with Gasteiger partial charge in [-0.25, -0.2) is 0 Å². The number of primary amides is 1. The molecule has 0 saturated carbocycles. The molecule has 1 rings (SSSR count). The van der Waals surface area contributed by atoms with Gasteiger partial charge in [-0.15, -0.1) is 0 Å². The van der Waals surface area contributed by atoms with Crippen LogP contribution >= 0.6 is 0 Å². The van der Waals surface area contributed by atoms with Gasteiger partial charge in [0.25, 0.3) is 0 Å². The van der Waals surface area contributed by atoms with Crippen molar-refractivity contribution in [3.05, 3.63) is 0 Å². The van der Waals surface area contributed by atoms with Gasteiger partial charge in [-0.1, -0.05) is 13.8 Å². The van der Waals surface area contributed by atoms with Gasteiger partial charge in [0.15, 0.2) is 0 Å². The standard InChI is InChI=1S/C10H19N3O2/c1-6(2)5-7(11)10(15)13-4-3-8(13)9(12)14/h6-8H,3-5,11H2,1-2H3,(H2,12,14). The van der Waals surface area contributed by atoms with Gasteiger partial charge < -0.3 is 16.4 Å². The first-order valence-electron chi connectivity index (χ1n) is 5.29. The molecule has 2 atom stereocenters. The zero-order chi connectivity index (χ0) is 11.6. The summed E-state index contributed by atoms with van der Waals surface area (Å²) in [4.78, 5) is 24.2. The summed E-state index contributed by atoms with van der Waals surface area (Å²) in [6.45, 7) is 4.61. The van der Waals surface area contributed by atoms with Gasteiger partial charge in [0.2, 0.25) is 11.8 Å². The number of likely N-dealkylation sites (tertiary alicyclic amines) is 1. The zero-order valence-corrected chi connectivity index (χ0v) is 9.27. The van der Waals surface area contributed by atoms with Crippen LogP contribution in [0.2, 0.25) is 0 Å². The predicted octanol–water partition coefficient (Wildman–Crippen LogP) is -0.554. The highest BCUT2D eigenvalue weighted by Gasteiger charge is 2.38. The summed E-state index contributed by atoms with van der Waals surface area (Å²) in [7, 11) is 0. The van der Waals surface area contributed by atoms with Crippen molar-refractivity contribution in [3.8, 4) is 0 Å². The zero-order valence-electron chi connectivity index (χ0n) is 9.27. The first kappa shape index (κ1) is 12.0. The number of carbonyl (C=O) groups excluding carboxylic acids is 2. The number of amides is 2. The number of carbonyl (C=O) groups is 2. The molecule has 1 aliphatic heterocycles. The van der Waals surface area contributed by atoms with E-state index >= 15 is 0 Å². The van der Waals surface area contributed by atoms with Crippen molar-refractivity contribution < 1.29 is 9.59 Å². The molecule has 1 aliphatic rings. The first-order chi connectivity index (χ1) is 6.93. The lowest BCUT2D eigenvalue weighted by atomic mass is 9.97. The highest BCUT2D eigenvalue weighted by atomic mass is 16.2. The summed E-state index contributed by atoms with van der Waals surface area (Å²) in [6.07, 6.45) is 1.30. The van der Waals surface area contributed by atoms with Crippen LogP contribution in [0.3, 0.4) is 0 Å². The number of hydrogen-bond acceptors (Lipinski definition) is 3. The van der Waals surface area contributed by atoms with E-state index in [9.17, 15) is 9.59 Å². The minimum Gasteiger partial charge on any atom is -0.368 e. The molecule has 1 saturated heterocycles. The molecule has 2 unspecified atom stereocenters. The summed E-state index contributed by atoms with van der Waals surface area (Å²) in [5, 5.41) is 0. The first-order valence-corrected chi connectivity index (χ1v) is 5.29. The molecular formula is C10H19N3O2. The third-order valence-electron chi connectivity index (χ3n) is 2.67. The fourth-order valence-electron chi connectivity index (χ4n) is 1.77. The number of hydrogen-bond donors (Lipinski definition) is 2. The number of rotatable bonds is 4. The molecule has 0 aromatic carbocycles. The van der Waals surface area contributed by atoms with E-state index in [4.69, 9.17) is 11.5 Å². The molecule has 2 amide bonds. The maximum absolute atomic E-state index is 11.8. The molecular weight excluding hydrogens is 194 g/mol. The molecule has 0 radical (unpaired) electrons. The van der Waals surface area contributed by atoms with Crippen LogP contribution in [0.25, 0.3) is 0 Å². The third-order valence-corrected chi connectivity index (χ3v) is 2.67. The maximum atomic E-state index is 11.8. The van der Waals surface area contributed by atoms with Crippen LogP contribution < -0.4 is 11.5 Å². The Morgan fingerprint density at radius 3 is 2.40 bits per heavy atom. The van der Waals surface area contributed by atoms with E-state index in [0.717, 1.165) is 0 Å². The second-order valence-electron chi connectivity index (χ2n) is 4.47. The molecule has 1 fully saturated rings. The Morgan fingerprint density at radius 2 is 2.07 bits per heavy atom. The fraction of sp³-hybridized carbons (Fsp3) is 0.800. The van der Waals surface area contributed by atoms with Crippen molar-refractivity contribution in [2.75, 3.05) is 6.54 Å². The van der Waals surface area contributed by atoms with Crippen LogP contribution in [0, 0.1) is 5.92 Å². The van der Waals surface area contributed by atoms with E-state index in [1.54, 1.807) is 0 Å². The van der Waals surface area contributed by atoms with Crippen molar-refractivity contribution in [2.45, 2.75) is 38.8 Å². The monoisotopic (exact) mass is 213 g/mol. The average Bonchev–Trinajstić information content (AvgIpc) is 1.99. The molecule has 5 heteroatoms.